The molecule has 0 aliphatic carbocycles. The average Bonchev–Trinajstić information content (AvgIpc) is 1.53. The van der Waals surface area contributed by atoms with Gasteiger partial charge in [0.15, 0.2) is 0 Å². The summed E-state index contributed by atoms with van der Waals surface area (Å²) < 4.78 is 291. The summed E-state index contributed by atoms with van der Waals surface area (Å²) in [5.74, 6) is 0. The minimum Gasteiger partial charge on any atom is -0.0616 e. The van der Waals surface area contributed by atoms with Crippen LogP contribution in [0, 0.1) is 0 Å². The normalized spacial score (nSPS) is 20.6. The Labute approximate surface area is 336 Å². The van der Waals surface area contributed by atoms with E-state index in [1.165, 1.54) is 0 Å². The molecule has 232 valence electrons. The van der Waals surface area contributed by atoms with Gasteiger partial charge in [-0.1, -0.05) is 175 Å². The molecule has 0 aliphatic heterocycles. The van der Waals surface area contributed by atoms with Gasteiger partial charge in [-0.05, 0) is 116 Å². The molecule has 50 heavy (non-hydrogen) atoms. The number of hydrogen-bond donors (Lipinski definition) is 0. The zero-order valence-corrected chi connectivity index (χ0v) is 25.0. The second-order valence-corrected chi connectivity index (χ2v) is 10.8. The van der Waals surface area contributed by atoms with Crippen LogP contribution in [0.2, 0.25) is 0 Å². The zero-order chi connectivity index (χ0) is 60.9. The summed E-state index contributed by atoms with van der Waals surface area (Å²) in [6.07, 6.45) is 0. The Balaban J connectivity index is 1.54. The van der Waals surface area contributed by atoms with E-state index >= 15 is 0 Å². The molecule has 0 amide bonds. The summed E-state index contributed by atoms with van der Waals surface area (Å²) >= 11 is 0. The van der Waals surface area contributed by atoms with E-state index in [1.807, 2.05) is 0 Å². The molecule has 10 rings (SSSR count). The highest BCUT2D eigenvalue weighted by Crippen LogP contribution is 2.46. The standard InChI is InChI=1S/C50H32/c1-3-13-38-30-40(26-22-33(38)10-1)35-20-24-37(25-21-35)49-45-17-7-8-18-46(45)50(44-19-9-15-36-12-5-6-16-43(36)44)48-32-42(28-29-47(48)49)41-27-23-34-11-2-4-14-39(34)31-41/h1-32H/i1D,2D,3D,4D,5D,6D,7D,8D,9D,10D,11D,12D,13D,14D,15D,16D,17D,18D,19D,20D,21D,22D,23D,24D,25D,26D,27D,28D,29D,30D,31D,32D. The largest absolute Gasteiger partial charge is 0.0636 e. The Morgan fingerprint density at radius 1 is 0.240 bits per heavy atom. The van der Waals surface area contributed by atoms with Gasteiger partial charge in [-0.2, -0.15) is 0 Å². The van der Waals surface area contributed by atoms with Crippen molar-refractivity contribution >= 4 is 53.9 Å². The predicted molar refractivity (Wildman–Crippen MR) is 216 cm³/mol. The van der Waals surface area contributed by atoms with E-state index in [0.29, 0.717) is 0 Å². The van der Waals surface area contributed by atoms with Gasteiger partial charge in [-0.3, -0.25) is 0 Å². The van der Waals surface area contributed by atoms with Gasteiger partial charge < -0.3 is 0 Å². The molecule has 0 bridgehead atoms. The van der Waals surface area contributed by atoms with Crippen molar-refractivity contribution in [1.29, 1.82) is 0 Å². The smallest absolute Gasteiger partial charge is 0.0616 e. The lowest BCUT2D eigenvalue weighted by atomic mass is 9.83. The van der Waals surface area contributed by atoms with Crippen molar-refractivity contribution in [2.24, 2.45) is 0 Å². The summed E-state index contributed by atoms with van der Waals surface area (Å²) in [6, 6.07) is -32.3. The number of hydrogen-bond acceptors (Lipinski definition) is 0. The summed E-state index contributed by atoms with van der Waals surface area (Å²) in [5.41, 5.74) is -7.23. The third kappa shape index (κ3) is 4.69. The highest BCUT2D eigenvalue weighted by molar-refractivity contribution is 6.24. The summed E-state index contributed by atoms with van der Waals surface area (Å²) in [6.45, 7) is 0. The van der Waals surface area contributed by atoms with E-state index in [0.717, 1.165) is 0 Å². The van der Waals surface area contributed by atoms with Crippen molar-refractivity contribution in [2.75, 3.05) is 0 Å². The predicted octanol–water partition coefficient (Wildman–Crippen LogP) is 14.1. The third-order valence-corrected chi connectivity index (χ3v) is 7.94. The molecule has 0 heterocycles. The molecule has 0 radical (unpaired) electrons. The van der Waals surface area contributed by atoms with Crippen LogP contribution < -0.4 is 0 Å². The lowest BCUT2D eigenvalue weighted by Crippen LogP contribution is -1.92. The highest BCUT2D eigenvalue weighted by atomic mass is 14.2. The van der Waals surface area contributed by atoms with E-state index in [2.05, 4.69) is 0 Å². The van der Waals surface area contributed by atoms with Gasteiger partial charge in [0.05, 0.1) is 43.9 Å². The molecule has 0 saturated heterocycles. The maximum Gasteiger partial charge on any atom is 0.0636 e. The van der Waals surface area contributed by atoms with Crippen LogP contribution in [0.15, 0.2) is 193 Å². The van der Waals surface area contributed by atoms with Gasteiger partial charge in [0, 0.05) is 0 Å². The molecule has 0 nitrogen and oxygen atoms in total. The van der Waals surface area contributed by atoms with Crippen molar-refractivity contribution in [2.45, 2.75) is 0 Å². The molecular formula is C50H32. The van der Waals surface area contributed by atoms with Crippen LogP contribution in [-0.2, 0) is 0 Å². The molecular weight excluding hydrogens is 601 g/mol. The maximum atomic E-state index is 10.2. The SMILES string of the molecule is [2H]c1c([2H])c(-c2c3c([2H])c([2H])c([2H])c([2H])c3c(-c3c([2H])c([2H])c([2H])c4c([2H])c([2H])c([2H])c([2H])c34)c3c([2H])c(-c4c([2H])c([2H])c5c([2H])c([2H])c([2H])c([2H])c5c4[2H])c([2H])c([2H])c23)c([2H])c([2H])c1-c1c([2H])c([2H])c2c([2H])c([2H])c([2H])c([2H])c2c1[2H]. The fourth-order valence-electron chi connectivity index (χ4n) is 5.72. The second-order valence-electron chi connectivity index (χ2n) is 10.8. The molecule has 0 fully saturated rings. The Morgan fingerprint density at radius 3 is 1.36 bits per heavy atom. The van der Waals surface area contributed by atoms with Gasteiger partial charge in [0.1, 0.15) is 0 Å². The van der Waals surface area contributed by atoms with E-state index < -0.39 is 292 Å². The van der Waals surface area contributed by atoms with E-state index in [-0.39, 0.29) is 0 Å². The van der Waals surface area contributed by atoms with E-state index in [4.69, 9.17) is 24.7 Å². The Morgan fingerprint density at radius 2 is 0.680 bits per heavy atom. The molecule has 0 saturated carbocycles. The minimum absolute atomic E-state index is 0.584. The Kier molecular flexibility index (Phi) is 2.55. The highest BCUT2D eigenvalue weighted by Gasteiger charge is 2.19. The first-order valence-corrected chi connectivity index (χ1v) is 14.8. The molecule has 10 aromatic rings. The summed E-state index contributed by atoms with van der Waals surface area (Å²) in [7, 11) is 0. The lowest BCUT2D eigenvalue weighted by Gasteiger charge is -2.20. The quantitative estimate of drug-likeness (QED) is 0.164. The molecule has 0 atom stereocenters. The van der Waals surface area contributed by atoms with Crippen molar-refractivity contribution in [3.8, 4) is 44.5 Å². The average molecular weight is 665 g/mol. The Hall–Kier alpha value is -6.50. The fraction of sp³-hybridized carbons (Fsp3) is 0. The van der Waals surface area contributed by atoms with E-state index in [9.17, 15) is 19.2 Å². The van der Waals surface area contributed by atoms with Crippen LogP contribution in [0.5, 0.6) is 0 Å². The van der Waals surface area contributed by atoms with Crippen molar-refractivity contribution < 1.29 is 43.9 Å². The van der Waals surface area contributed by atoms with Gasteiger partial charge >= 0.3 is 0 Å². The molecule has 0 aromatic heterocycles. The van der Waals surface area contributed by atoms with Crippen LogP contribution in [0.3, 0.4) is 0 Å². The van der Waals surface area contributed by atoms with Crippen molar-refractivity contribution in [3.63, 3.8) is 0 Å². The molecule has 0 N–H and O–H groups in total. The number of rotatable bonds is 4. The fourth-order valence-corrected chi connectivity index (χ4v) is 5.72. The molecule has 10 aromatic carbocycles. The monoisotopic (exact) mass is 664 g/mol. The van der Waals surface area contributed by atoms with Crippen molar-refractivity contribution in [1.82, 2.24) is 0 Å². The first-order valence-electron chi connectivity index (χ1n) is 30.8. The topological polar surface area (TPSA) is 0 Å². The van der Waals surface area contributed by atoms with Crippen LogP contribution in [-0.4, -0.2) is 0 Å². The molecule has 0 aliphatic rings. The van der Waals surface area contributed by atoms with Crippen molar-refractivity contribution in [3.05, 3.63) is 193 Å². The first kappa shape index (κ1) is 11.0. The third-order valence-electron chi connectivity index (χ3n) is 7.94. The van der Waals surface area contributed by atoms with Crippen LogP contribution in [0.25, 0.3) is 98.4 Å². The number of benzene rings is 10. The van der Waals surface area contributed by atoms with Gasteiger partial charge in [0.2, 0.25) is 0 Å². The van der Waals surface area contributed by atoms with Gasteiger partial charge in [-0.15, -0.1) is 0 Å². The molecule has 0 spiro atoms. The minimum atomic E-state index is -1.20. The van der Waals surface area contributed by atoms with Gasteiger partial charge in [-0.25, -0.2) is 0 Å². The second kappa shape index (κ2) is 11.6. The Bertz CT molecular complexity index is 4720. The number of fused-ring (bicyclic) bond motifs is 5. The van der Waals surface area contributed by atoms with E-state index in [1.54, 1.807) is 0 Å². The molecule has 0 unspecified atom stereocenters. The lowest BCUT2D eigenvalue weighted by molar-refractivity contribution is 1.62. The van der Waals surface area contributed by atoms with Crippen LogP contribution >= 0.6 is 0 Å². The molecule has 0 heteroatoms. The maximum absolute atomic E-state index is 10.2. The summed E-state index contributed by atoms with van der Waals surface area (Å²) in [4.78, 5) is 0. The van der Waals surface area contributed by atoms with Crippen LogP contribution in [0.1, 0.15) is 43.9 Å². The van der Waals surface area contributed by atoms with Gasteiger partial charge in [0.25, 0.3) is 0 Å². The summed E-state index contributed by atoms with van der Waals surface area (Å²) in [5, 5.41) is -7.62. The zero-order valence-electron chi connectivity index (χ0n) is 57.0. The van der Waals surface area contributed by atoms with Crippen LogP contribution in [0.4, 0.5) is 0 Å². The first-order chi connectivity index (χ1) is 38.1.